The van der Waals surface area contributed by atoms with Gasteiger partial charge in [-0.25, -0.2) is 0 Å². The van der Waals surface area contributed by atoms with Crippen LogP contribution in [0.5, 0.6) is 0 Å². The van der Waals surface area contributed by atoms with Crippen molar-refractivity contribution in [1.82, 2.24) is 0 Å². The first-order valence-electron chi connectivity index (χ1n) is 6.03. The maximum atomic E-state index is 11.6. The Morgan fingerprint density at radius 1 is 1.47 bits per heavy atom. The topological polar surface area (TPSA) is 110 Å². The molecule has 1 aliphatic heterocycles. The predicted molar refractivity (Wildman–Crippen MR) is 70.7 cm³/mol. The highest BCUT2D eigenvalue weighted by atomic mass is 16.4. The van der Waals surface area contributed by atoms with Crippen molar-refractivity contribution in [3.8, 4) is 0 Å². The van der Waals surface area contributed by atoms with E-state index in [1.54, 1.807) is 11.9 Å². The molecule has 0 aromatic heterocycles. The monoisotopic (exact) mass is 263 g/mol. The lowest BCUT2D eigenvalue weighted by molar-refractivity contribution is -0.138. The summed E-state index contributed by atoms with van der Waals surface area (Å²) >= 11 is 0. The summed E-state index contributed by atoms with van der Waals surface area (Å²) in [5.41, 5.74) is 14.0. The predicted octanol–water partition coefficient (Wildman–Crippen LogP) is 0.00730. The van der Waals surface area contributed by atoms with Crippen LogP contribution in [0, 0.1) is 0 Å². The van der Waals surface area contributed by atoms with Crippen LogP contribution in [0.2, 0.25) is 0 Å². The van der Waals surface area contributed by atoms with Gasteiger partial charge in [0.05, 0.1) is 6.42 Å². The Bertz CT molecular complexity index is 530. The van der Waals surface area contributed by atoms with E-state index < -0.39 is 18.1 Å². The molecule has 5 N–H and O–H groups in total. The first kappa shape index (κ1) is 13.5. The molecule has 0 radical (unpaired) electrons. The summed E-state index contributed by atoms with van der Waals surface area (Å²) in [6, 6.07) is 4.08. The molecule has 0 saturated carbocycles. The van der Waals surface area contributed by atoms with Gasteiger partial charge in [-0.1, -0.05) is 12.1 Å². The van der Waals surface area contributed by atoms with E-state index in [0.717, 1.165) is 16.8 Å². The number of fused-ring (bicyclic) bond motifs is 1. The summed E-state index contributed by atoms with van der Waals surface area (Å²) in [5, 5.41) is 8.77. The molecule has 1 aliphatic rings. The van der Waals surface area contributed by atoms with Crippen molar-refractivity contribution in [2.24, 2.45) is 11.5 Å². The standard InChI is InChI=1S/C13H17N3O3/c1-16-11-3-2-7(4-8(11)5-12(16)17)9(14)6-10(15)13(18)19/h2-4,9-10H,5-6,14-15H2,1H3,(H,18,19). The van der Waals surface area contributed by atoms with Crippen LogP contribution in [0.25, 0.3) is 0 Å². The molecule has 0 saturated heterocycles. The minimum Gasteiger partial charge on any atom is -0.480 e. The molecule has 1 aromatic rings. The van der Waals surface area contributed by atoms with E-state index >= 15 is 0 Å². The van der Waals surface area contributed by atoms with E-state index in [4.69, 9.17) is 16.6 Å². The molecular formula is C13H17N3O3. The third-order valence-corrected chi connectivity index (χ3v) is 3.43. The molecule has 1 aromatic carbocycles. The van der Waals surface area contributed by atoms with E-state index in [1.165, 1.54) is 0 Å². The van der Waals surface area contributed by atoms with Gasteiger partial charge < -0.3 is 21.5 Å². The van der Waals surface area contributed by atoms with Gasteiger partial charge in [0.2, 0.25) is 5.91 Å². The van der Waals surface area contributed by atoms with Crippen molar-refractivity contribution in [2.45, 2.75) is 24.9 Å². The second-order valence-electron chi connectivity index (χ2n) is 4.80. The van der Waals surface area contributed by atoms with E-state index in [-0.39, 0.29) is 12.3 Å². The highest BCUT2D eigenvalue weighted by molar-refractivity contribution is 6.00. The summed E-state index contributed by atoms with van der Waals surface area (Å²) in [4.78, 5) is 23.9. The summed E-state index contributed by atoms with van der Waals surface area (Å²) in [7, 11) is 1.73. The molecule has 19 heavy (non-hydrogen) atoms. The molecule has 1 amide bonds. The van der Waals surface area contributed by atoms with Crippen molar-refractivity contribution >= 4 is 17.6 Å². The molecule has 0 spiro atoms. The minimum absolute atomic E-state index is 0.0444. The normalized spacial score (nSPS) is 17.2. The first-order chi connectivity index (χ1) is 8.90. The molecule has 0 fully saturated rings. The van der Waals surface area contributed by atoms with Crippen LogP contribution in [0.15, 0.2) is 18.2 Å². The number of hydrogen-bond donors (Lipinski definition) is 3. The Morgan fingerprint density at radius 2 is 2.16 bits per heavy atom. The zero-order valence-electron chi connectivity index (χ0n) is 10.7. The van der Waals surface area contributed by atoms with Gasteiger partial charge in [-0.3, -0.25) is 9.59 Å². The van der Waals surface area contributed by atoms with Crippen molar-refractivity contribution in [3.63, 3.8) is 0 Å². The van der Waals surface area contributed by atoms with Crippen molar-refractivity contribution in [2.75, 3.05) is 11.9 Å². The van der Waals surface area contributed by atoms with E-state index in [1.807, 2.05) is 18.2 Å². The van der Waals surface area contributed by atoms with Gasteiger partial charge in [0, 0.05) is 18.8 Å². The highest BCUT2D eigenvalue weighted by Gasteiger charge is 2.25. The van der Waals surface area contributed by atoms with E-state index in [0.29, 0.717) is 6.42 Å². The number of likely N-dealkylation sites (N-methyl/N-ethyl adjacent to an activating group) is 1. The Labute approximate surface area is 111 Å². The third-order valence-electron chi connectivity index (χ3n) is 3.43. The van der Waals surface area contributed by atoms with Crippen LogP contribution in [-0.4, -0.2) is 30.1 Å². The lowest BCUT2D eigenvalue weighted by Crippen LogP contribution is -2.33. The fraction of sp³-hybridized carbons (Fsp3) is 0.385. The number of aliphatic carboxylic acids is 1. The molecule has 6 heteroatoms. The van der Waals surface area contributed by atoms with Crippen LogP contribution in [0.1, 0.15) is 23.6 Å². The Hall–Kier alpha value is -1.92. The number of nitrogens with zero attached hydrogens (tertiary/aromatic N) is 1. The second kappa shape index (κ2) is 4.99. The van der Waals surface area contributed by atoms with Crippen molar-refractivity contribution in [3.05, 3.63) is 29.3 Å². The van der Waals surface area contributed by atoms with E-state index in [2.05, 4.69) is 0 Å². The largest absolute Gasteiger partial charge is 0.480 e. The maximum absolute atomic E-state index is 11.6. The van der Waals surface area contributed by atoms with Gasteiger partial charge >= 0.3 is 5.97 Å². The summed E-state index contributed by atoms with van der Waals surface area (Å²) in [5.74, 6) is -1.02. The van der Waals surface area contributed by atoms with Crippen LogP contribution in [0.3, 0.4) is 0 Å². The number of carboxylic acids is 1. The average molecular weight is 263 g/mol. The molecule has 0 bridgehead atoms. The number of benzene rings is 1. The Morgan fingerprint density at radius 3 is 2.79 bits per heavy atom. The fourth-order valence-corrected chi connectivity index (χ4v) is 2.23. The molecule has 1 heterocycles. The summed E-state index contributed by atoms with van der Waals surface area (Å²) < 4.78 is 0. The molecule has 6 nitrogen and oxygen atoms in total. The van der Waals surface area contributed by atoms with Crippen molar-refractivity contribution < 1.29 is 14.7 Å². The minimum atomic E-state index is -1.06. The molecule has 2 atom stereocenters. The molecule has 2 unspecified atom stereocenters. The number of hydrogen-bond acceptors (Lipinski definition) is 4. The quantitative estimate of drug-likeness (QED) is 0.708. The van der Waals surface area contributed by atoms with Gasteiger partial charge in [-0.05, 0) is 23.6 Å². The number of carboxylic acid groups (broad SMARTS) is 1. The Kier molecular flexibility index (Phi) is 3.55. The number of anilines is 1. The molecular weight excluding hydrogens is 246 g/mol. The smallest absolute Gasteiger partial charge is 0.320 e. The van der Waals surface area contributed by atoms with Gasteiger partial charge in [0.15, 0.2) is 0 Å². The van der Waals surface area contributed by atoms with Crippen LogP contribution in [-0.2, 0) is 16.0 Å². The highest BCUT2D eigenvalue weighted by Crippen LogP contribution is 2.30. The number of carbonyl (C=O) groups excluding carboxylic acids is 1. The van der Waals surface area contributed by atoms with Gasteiger partial charge in [0.1, 0.15) is 6.04 Å². The second-order valence-corrected chi connectivity index (χ2v) is 4.80. The lowest BCUT2D eigenvalue weighted by Gasteiger charge is -2.16. The third kappa shape index (κ3) is 2.59. The van der Waals surface area contributed by atoms with Gasteiger partial charge in [-0.2, -0.15) is 0 Å². The number of rotatable bonds is 4. The number of amides is 1. The lowest BCUT2D eigenvalue weighted by atomic mass is 9.98. The summed E-state index contributed by atoms with van der Waals surface area (Å²) in [6.07, 6.45) is 0.523. The summed E-state index contributed by atoms with van der Waals surface area (Å²) in [6.45, 7) is 0. The average Bonchev–Trinajstić information content (AvgIpc) is 2.64. The van der Waals surface area contributed by atoms with Crippen molar-refractivity contribution in [1.29, 1.82) is 0 Å². The SMILES string of the molecule is CN1C(=O)Cc2cc(C(N)CC(N)C(=O)O)ccc21. The van der Waals surface area contributed by atoms with Crippen LogP contribution >= 0.6 is 0 Å². The van der Waals surface area contributed by atoms with E-state index in [9.17, 15) is 9.59 Å². The zero-order chi connectivity index (χ0) is 14.2. The fourth-order valence-electron chi connectivity index (χ4n) is 2.23. The number of carbonyl (C=O) groups is 2. The van der Waals surface area contributed by atoms with Crippen LogP contribution in [0.4, 0.5) is 5.69 Å². The number of nitrogens with two attached hydrogens (primary N) is 2. The Balaban J connectivity index is 2.17. The zero-order valence-corrected chi connectivity index (χ0v) is 10.7. The molecule has 102 valence electrons. The molecule has 0 aliphatic carbocycles. The van der Waals surface area contributed by atoms with Gasteiger partial charge in [0.25, 0.3) is 0 Å². The maximum Gasteiger partial charge on any atom is 0.320 e. The van der Waals surface area contributed by atoms with Crippen LogP contribution < -0.4 is 16.4 Å². The first-order valence-corrected chi connectivity index (χ1v) is 6.03. The van der Waals surface area contributed by atoms with Gasteiger partial charge in [-0.15, -0.1) is 0 Å². The molecule has 2 rings (SSSR count).